The Hall–Kier alpha value is -2.73. The number of carbonyl (C=O) groups is 1. The quantitative estimate of drug-likeness (QED) is 0.328. The Morgan fingerprint density at radius 2 is 1.81 bits per heavy atom. The minimum absolute atomic E-state index is 0.00520. The third kappa shape index (κ3) is 8.74. The molecule has 0 fully saturated rings. The summed E-state index contributed by atoms with van der Waals surface area (Å²) in [4.78, 5) is 16.9. The van der Waals surface area contributed by atoms with Crippen LogP contribution in [0.25, 0.3) is 0 Å². The highest BCUT2D eigenvalue weighted by molar-refractivity contribution is 7.90. The van der Waals surface area contributed by atoms with Gasteiger partial charge in [0.15, 0.2) is 9.84 Å². The summed E-state index contributed by atoms with van der Waals surface area (Å²) in [7, 11) is -3.32. The number of rotatable bonds is 12. The number of aromatic nitrogens is 1. The van der Waals surface area contributed by atoms with Crippen LogP contribution in [0.15, 0.2) is 47.8 Å². The first-order chi connectivity index (χ1) is 17.0. The number of benzene rings is 2. The van der Waals surface area contributed by atoms with Crippen LogP contribution in [0.5, 0.6) is 0 Å². The number of amides is 1. The van der Waals surface area contributed by atoms with Gasteiger partial charge in [-0.3, -0.25) is 4.79 Å². The summed E-state index contributed by atoms with van der Waals surface area (Å²) in [6.07, 6.45) is 0.847. The monoisotopic (exact) mass is 537 g/mol. The molecule has 7 nitrogen and oxygen atoms in total. The maximum atomic E-state index is 13.7. The third-order valence-corrected chi connectivity index (χ3v) is 7.24. The van der Waals surface area contributed by atoms with E-state index in [-0.39, 0.29) is 35.0 Å². The molecule has 0 aliphatic carbocycles. The molecule has 3 aromatic rings. The molecule has 2 aromatic carbocycles. The van der Waals surface area contributed by atoms with Crippen LogP contribution in [-0.4, -0.2) is 49.4 Å². The average Bonchev–Trinajstić information content (AvgIpc) is 3.25. The smallest absolute Gasteiger partial charge is 0.271 e. The first-order valence-electron chi connectivity index (χ1n) is 11.4. The van der Waals surface area contributed by atoms with Crippen molar-refractivity contribution in [3.63, 3.8) is 0 Å². The number of aliphatic hydroxyl groups is 1. The molecule has 0 aliphatic rings. The predicted molar refractivity (Wildman–Crippen MR) is 136 cm³/mol. The van der Waals surface area contributed by atoms with Crippen LogP contribution < -0.4 is 10.6 Å². The van der Waals surface area contributed by atoms with Gasteiger partial charge >= 0.3 is 0 Å². The Kier molecular flexibility index (Phi) is 9.66. The SMILES string of the molecule is CCc1cccc(CNC[C@@H](O)[C@H](Cc2cc(F)cc(F)c2)NC(=O)c2csc(CS(C)(=O)=O)n2)c1. The summed E-state index contributed by atoms with van der Waals surface area (Å²) in [5.41, 5.74) is 2.50. The zero-order chi connectivity index (χ0) is 26.3. The Balaban J connectivity index is 1.71. The molecule has 0 unspecified atom stereocenters. The number of hydrogen-bond donors (Lipinski definition) is 3. The molecule has 0 saturated heterocycles. The Labute approximate surface area is 213 Å². The Morgan fingerprint density at radius 3 is 2.47 bits per heavy atom. The van der Waals surface area contributed by atoms with E-state index in [2.05, 4.69) is 28.6 Å². The van der Waals surface area contributed by atoms with E-state index >= 15 is 0 Å². The topological polar surface area (TPSA) is 108 Å². The van der Waals surface area contributed by atoms with Crippen molar-refractivity contribution < 1.29 is 27.1 Å². The van der Waals surface area contributed by atoms with Crippen LogP contribution in [-0.2, 0) is 35.0 Å². The average molecular weight is 538 g/mol. The number of aryl methyl sites for hydroxylation is 1. The lowest BCUT2D eigenvalue weighted by atomic mass is 10.00. The number of nitrogens with one attached hydrogen (secondary N) is 2. The summed E-state index contributed by atoms with van der Waals surface area (Å²) >= 11 is 1.04. The summed E-state index contributed by atoms with van der Waals surface area (Å²) in [6.45, 7) is 2.65. The van der Waals surface area contributed by atoms with Crippen molar-refractivity contribution in [1.29, 1.82) is 0 Å². The number of nitrogens with zero attached hydrogens (tertiary/aromatic N) is 1. The molecular weight excluding hydrogens is 508 g/mol. The number of sulfone groups is 1. The molecule has 3 N–H and O–H groups in total. The second kappa shape index (κ2) is 12.5. The molecule has 36 heavy (non-hydrogen) atoms. The molecule has 0 bridgehead atoms. The second-order valence-electron chi connectivity index (χ2n) is 8.63. The van der Waals surface area contributed by atoms with E-state index in [1.807, 2.05) is 18.2 Å². The van der Waals surface area contributed by atoms with E-state index in [4.69, 9.17) is 0 Å². The van der Waals surface area contributed by atoms with Crippen molar-refractivity contribution in [3.05, 3.63) is 86.9 Å². The summed E-state index contributed by atoms with van der Waals surface area (Å²) in [6, 6.07) is 10.2. The molecule has 1 aromatic heterocycles. The van der Waals surface area contributed by atoms with E-state index in [0.29, 0.717) is 6.54 Å². The second-order valence-corrected chi connectivity index (χ2v) is 11.7. The maximum absolute atomic E-state index is 13.7. The molecule has 0 saturated carbocycles. The lowest BCUT2D eigenvalue weighted by Gasteiger charge is -2.24. The van der Waals surface area contributed by atoms with E-state index < -0.39 is 39.5 Å². The molecule has 2 atom stereocenters. The van der Waals surface area contributed by atoms with Gasteiger partial charge in [0.1, 0.15) is 28.1 Å². The van der Waals surface area contributed by atoms with Gasteiger partial charge in [-0.15, -0.1) is 11.3 Å². The van der Waals surface area contributed by atoms with Crippen LogP contribution in [0.3, 0.4) is 0 Å². The van der Waals surface area contributed by atoms with Crippen LogP contribution >= 0.6 is 11.3 Å². The van der Waals surface area contributed by atoms with Gasteiger partial charge in [0.05, 0.1) is 12.1 Å². The van der Waals surface area contributed by atoms with Crippen molar-refractivity contribution in [3.8, 4) is 0 Å². The van der Waals surface area contributed by atoms with Gasteiger partial charge in [0.2, 0.25) is 0 Å². The highest BCUT2D eigenvalue weighted by Crippen LogP contribution is 2.15. The fraction of sp³-hybridized carbons (Fsp3) is 0.360. The van der Waals surface area contributed by atoms with Crippen LogP contribution in [0.1, 0.15) is 39.1 Å². The van der Waals surface area contributed by atoms with E-state index in [9.17, 15) is 27.1 Å². The van der Waals surface area contributed by atoms with Gasteiger partial charge < -0.3 is 15.7 Å². The Bertz CT molecular complexity index is 1280. The predicted octanol–water partition coefficient (Wildman–Crippen LogP) is 3.02. The van der Waals surface area contributed by atoms with Crippen LogP contribution in [0.4, 0.5) is 8.78 Å². The lowest BCUT2D eigenvalue weighted by molar-refractivity contribution is 0.0825. The molecule has 0 radical (unpaired) electrons. The molecule has 194 valence electrons. The number of aliphatic hydroxyl groups excluding tert-OH is 1. The first-order valence-corrected chi connectivity index (χ1v) is 14.3. The van der Waals surface area contributed by atoms with Gasteiger partial charge in [0.25, 0.3) is 5.91 Å². The number of hydrogen-bond acceptors (Lipinski definition) is 7. The lowest BCUT2D eigenvalue weighted by Crippen LogP contribution is -2.48. The fourth-order valence-electron chi connectivity index (χ4n) is 3.68. The minimum Gasteiger partial charge on any atom is -0.390 e. The van der Waals surface area contributed by atoms with Crippen LogP contribution in [0, 0.1) is 11.6 Å². The van der Waals surface area contributed by atoms with Crippen molar-refractivity contribution in [1.82, 2.24) is 15.6 Å². The largest absolute Gasteiger partial charge is 0.390 e. The van der Waals surface area contributed by atoms with Crippen molar-refractivity contribution in [2.75, 3.05) is 12.8 Å². The van der Waals surface area contributed by atoms with Gasteiger partial charge in [-0.25, -0.2) is 22.2 Å². The van der Waals surface area contributed by atoms with Crippen molar-refractivity contribution in [2.45, 2.75) is 44.2 Å². The number of thiazole rings is 1. The zero-order valence-corrected chi connectivity index (χ0v) is 21.6. The molecule has 1 heterocycles. The van der Waals surface area contributed by atoms with Gasteiger partial charge in [0, 0.05) is 30.8 Å². The summed E-state index contributed by atoms with van der Waals surface area (Å²) in [5.74, 6) is -2.43. The van der Waals surface area contributed by atoms with E-state index in [1.54, 1.807) is 0 Å². The fourth-order valence-corrected chi connectivity index (χ4v) is 5.67. The molecule has 0 spiro atoms. The van der Waals surface area contributed by atoms with Gasteiger partial charge in [-0.05, 0) is 41.7 Å². The molecule has 3 rings (SSSR count). The first kappa shape index (κ1) is 27.9. The summed E-state index contributed by atoms with van der Waals surface area (Å²) < 4.78 is 50.5. The maximum Gasteiger partial charge on any atom is 0.271 e. The number of carbonyl (C=O) groups excluding carboxylic acids is 1. The van der Waals surface area contributed by atoms with E-state index in [0.717, 1.165) is 47.8 Å². The highest BCUT2D eigenvalue weighted by atomic mass is 32.2. The number of halogens is 2. The highest BCUT2D eigenvalue weighted by Gasteiger charge is 2.24. The molecule has 11 heteroatoms. The zero-order valence-electron chi connectivity index (χ0n) is 20.0. The van der Waals surface area contributed by atoms with Crippen molar-refractivity contribution >= 4 is 27.1 Å². The normalized spacial score (nSPS) is 13.4. The summed E-state index contributed by atoms with van der Waals surface area (Å²) in [5, 5.41) is 18.4. The standard InChI is InChI=1S/C25H29F2N3O4S2/c1-3-16-5-4-6-17(7-16)12-28-13-23(31)21(10-18-8-19(26)11-20(27)9-18)30-25(32)22-14-35-24(29-22)15-36(2,33)34/h4-9,11,14,21,23,28,31H,3,10,12-13,15H2,1-2H3,(H,30,32)/t21-,23+/m0/s1. The van der Waals surface area contributed by atoms with Crippen LogP contribution in [0.2, 0.25) is 0 Å². The molecular formula is C25H29F2N3O4S2. The molecule has 0 aliphatic heterocycles. The van der Waals surface area contributed by atoms with Gasteiger partial charge in [-0.2, -0.15) is 0 Å². The van der Waals surface area contributed by atoms with Gasteiger partial charge in [-0.1, -0.05) is 31.2 Å². The Morgan fingerprint density at radius 1 is 1.11 bits per heavy atom. The van der Waals surface area contributed by atoms with E-state index in [1.165, 1.54) is 10.9 Å². The molecule has 1 amide bonds. The third-order valence-electron chi connectivity index (χ3n) is 5.41. The minimum atomic E-state index is -3.32. The van der Waals surface area contributed by atoms with Crippen molar-refractivity contribution in [2.24, 2.45) is 0 Å².